The Kier molecular flexibility index (Phi) is 3.02. The fraction of sp³-hybridized carbons (Fsp3) is 0.231. The van der Waals surface area contributed by atoms with E-state index in [0.29, 0.717) is 30.6 Å². The number of carbonyl (C=O) groups excluding carboxylic acids is 1. The molecule has 98 valence electrons. The molecule has 0 atom stereocenters. The Labute approximate surface area is 117 Å². The molecule has 0 unspecified atom stereocenters. The molecule has 0 saturated carbocycles. The predicted octanol–water partition coefficient (Wildman–Crippen LogP) is 1.66. The van der Waals surface area contributed by atoms with Crippen molar-refractivity contribution in [1.29, 1.82) is 0 Å². The van der Waals surface area contributed by atoms with Gasteiger partial charge >= 0.3 is 0 Å². The fourth-order valence-electron chi connectivity index (χ4n) is 2.29. The summed E-state index contributed by atoms with van der Waals surface area (Å²) in [7, 11) is 0. The number of rotatable bonds is 1. The quantitative estimate of drug-likeness (QED) is 0.838. The zero-order valence-electron chi connectivity index (χ0n) is 10.1. The highest BCUT2D eigenvalue weighted by Crippen LogP contribution is 2.18. The van der Waals surface area contributed by atoms with Gasteiger partial charge in [0.05, 0.1) is 12.1 Å². The van der Waals surface area contributed by atoms with E-state index in [2.05, 4.69) is 26.1 Å². The van der Waals surface area contributed by atoms with Crippen LogP contribution in [0.15, 0.2) is 33.5 Å². The maximum atomic E-state index is 12.4. The molecule has 0 saturated heterocycles. The van der Waals surface area contributed by atoms with Gasteiger partial charge < -0.3 is 10.00 Å². The molecule has 0 fully saturated rings. The van der Waals surface area contributed by atoms with Crippen LogP contribution in [-0.2, 0) is 13.0 Å². The molecule has 0 aliphatic carbocycles. The zero-order valence-corrected chi connectivity index (χ0v) is 11.7. The summed E-state index contributed by atoms with van der Waals surface area (Å²) in [4.78, 5) is 25.7. The van der Waals surface area contributed by atoms with Crippen molar-refractivity contribution in [1.82, 2.24) is 15.1 Å². The maximum absolute atomic E-state index is 12.4. The van der Waals surface area contributed by atoms with E-state index in [4.69, 9.17) is 0 Å². The van der Waals surface area contributed by atoms with E-state index in [9.17, 15) is 9.59 Å². The number of nitrogens with one attached hydrogen (secondary N) is 2. The zero-order chi connectivity index (χ0) is 13.4. The van der Waals surface area contributed by atoms with Crippen LogP contribution < -0.4 is 5.56 Å². The fourth-order valence-corrected chi connectivity index (χ4v) is 2.69. The van der Waals surface area contributed by atoms with E-state index >= 15 is 0 Å². The van der Waals surface area contributed by atoms with Gasteiger partial charge in [0.15, 0.2) is 0 Å². The van der Waals surface area contributed by atoms with Crippen LogP contribution in [0.3, 0.4) is 0 Å². The largest absolute Gasteiger partial charge is 0.334 e. The van der Waals surface area contributed by atoms with Crippen LogP contribution in [0.1, 0.15) is 21.6 Å². The lowest BCUT2D eigenvalue weighted by Gasteiger charge is -2.26. The van der Waals surface area contributed by atoms with E-state index in [1.807, 2.05) is 12.1 Å². The number of hydrogen-bond acceptors (Lipinski definition) is 2. The van der Waals surface area contributed by atoms with Crippen molar-refractivity contribution in [2.45, 2.75) is 13.0 Å². The molecule has 0 bridgehead atoms. The standard InChI is InChI=1S/C13H12BrN3O2/c14-9-3-1-2-8(6-9)13(19)17-5-4-11-10(7-17)12(18)16-15-11/h1-3,6H,4-5,7H2,(H2,15,16,18). The summed E-state index contributed by atoms with van der Waals surface area (Å²) < 4.78 is 0.871. The molecule has 0 spiro atoms. The minimum Gasteiger partial charge on any atom is -0.334 e. The molecule has 1 aromatic carbocycles. The first-order valence-electron chi connectivity index (χ1n) is 5.98. The van der Waals surface area contributed by atoms with Gasteiger partial charge in [-0.3, -0.25) is 14.7 Å². The average molecular weight is 322 g/mol. The second-order valence-electron chi connectivity index (χ2n) is 4.52. The first kappa shape index (κ1) is 12.2. The SMILES string of the molecule is O=C(c1cccc(Br)c1)N1CCc2[nH][nH]c(=O)c2C1. The molecule has 5 nitrogen and oxygen atoms in total. The van der Waals surface area contributed by atoms with Crippen LogP contribution >= 0.6 is 15.9 Å². The third-order valence-corrected chi connectivity index (χ3v) is 3.80. The monoisotopic (exact) mass is 321 g/mol. The van der Waals surface area contributed by atoms with Crippen molar-refractivity contribution < 1.29 is 4.79 Å². The third kappa shape index (κ3) is 2.23. The Morgan fingerprint density at radius 1 is 1.32 bits per heavy atom. The number of fused-ring (bicyclic) bond motifs is 1. The van der Waals surface area contributed by atoms with Gasteiger partial charge in [-0.1, -0.05) is 22.0 Å². The van der Waals surface area contributed by atoms with Crippen molar-refractivity contribution in [2.24, 2.45) is 0 Å². The van der Waals surface area contributed by atoms with Crippen molar-refractivity contribution in [2.75, 3.05) is 6.54 Å². The number of aromatic nitrogens is 2. The molecule has 1 aliphatic rings. The van der Waals surface area contributed by atoms with E-state index in [0.717, 1.165) is 10.2 Å². The molecule has 3 rings (SSSR count). The van der Waals surface area contributed by atoms with Crippen molar-refractivity contribution in [3.8, 4) is 0 Å². The highest BCUT2D eigenvalue weighted by atomic mass is 79.9. The molecule has 0 radical (unpaired) electrons. The molecule has 1 amide bonds. The summed E-state index contributed by atoms with van der Waals surface area (Å²) in [6.45, 7) is 0.978. The number of H-pyrrole nitrogens is 2. The molecule has 1 aliphatic heterocycles. The Bertz CT molecular complexity index is 689. The minimum absolute atomic E-state index is 0.0486. The molecule has 1 aromatic heterocycles. The third-order valence-electron chi connectivity index (χ3n) is 3.30. The van der Waals surface area contributed by atoms with Crippen LogP contribution in [-0.4, -0.2) is 27.5 Å². The summed E-state index contributed by atoms with van der Waals surface area (Å²) >= 11 is 3.35. The molecule has 6 heteroatoms. The first-order valence-corrected chi connectivity index (χ1v) is 6.77. The van der Waals surface area contributed by atoms with Crippen LogP contribution in [0.5, 0.6) is 0 Å². The van der Waals surface area contributed by atoms with Crippen LogP contribution in [0, 0.1) is 0 Å². The second kappa shape index (κ2) is 4.70. The number of hydrogen-bond donors (Lipinski definition) is 2. The number of benzene rings is 1. The average Bonchev–Trinajstić information content (AvgIpc) is 2.79. The number of carbonyl (C=O) groups is 1. The molecule has 19 heavy (non-hydrogen) atoms. The van der Waals surface area contributed by atoms with Gasteiger partial charge in [-0.05, 0) is 18.2 Å². The van der Waals surface area contributed by atoms with E-state index < -0.39 is 0 Å². The summed E-state index contributed by atoms with van der Waals surface area (Å²) in [6, 6.07) is 7.28. The summed E-state index contributed by atoms with van der Waals surface area (Å²) in [6.07, 6.45) is 0.674. The Morgan fingerprint density at radius 2 is 2.16 bits per heavy atom. The van der Waals surface area contributed by atoms with E-state index in [-0.39, 0.29) is 11.5 Å². The van der Waals surface area contributed by atoms with Crippen molar-refractivity contribution >= 4 is 21.8 Å². The van der Waals surface area contributed by atoms with Gasteiger partial charge in [-0.15, -0.1) is 0 Å². The van der Waals surface area contributed by atoms with Gasteiger partial charge in [0.25, 0.3) is 11.5 Å². The lowest BCUT2D eigenvalue weighted by Crippen LogP contribution is -2.37. The number of halogens is 1. The van der Waals surface area contributed by atoms with Crippen molar-refractivity contribution in [3.63, 3.8) is 0 Å². The Balaban J connectivity index is 1.87. The number of amides is 1. The van der Waals surface area contributed by atoms with Crippen molar-refractivity contribution in [3.05, 3.63) is 55.9 Å². The second-order valence-corrected chi connectivity index (χ2v) is 5.44. The van der Waals surface area contributed by atoms with Crippen LogP contribution in [0.4, 0.5) is 0 Å². The summed E-state index contributed by atoms with van der Waals surface area (Å²) in [5, 5.41) is 5.41. The lowest BCUT2D eigenvalue weighted by atomic mass is 10.1. The van der Waals surface area contributed by atoms with Gasteiger partial charge in [0.1, 0.15) is 0 Å². The Morgan fingerprint density at radius 3 is 2.95 bits per heavy atom. The van der Waals surface area contributed by atoms with Crippen LogP contribution in [0.2, 0.25) is 0 Å². The van der Waals surface area contributed by atoms with E-state index in [1.54, 1.807) is 17.0 Å². The highest BCUT2D eigenvalue weighted by molar-refractivity contribution is 9.10. The van der Waals surface area contributed by atoms with Crippen LogP contribution in [0.25, 0.3) is 0 Å². The minimum atomic E-state index is -0.137. The predicted molar refractivity (Wildman–Crippen MR) is 74.0 cm³/mol. The van der Waals surface area contributed by atoms with Gasteiger partial charge in [-0.2, -0.15) is 0 Å². The van der Waals surface area contributed by atoms with Gasteiger partial charge in [-0.25, -0.2) is 0 Å². The van der Waals surface area contributed by atoms with E-state index in [1.165, 1.54) is 0 Å². The van der Waals surface area contributed by atoms with Gasteiger partial charge in [0, 0.05) is 28.7 Å². The molecular formula is C13H12BrN3O2. The molecular weight excluding hydrogens is 310 g/mol. The van der Waals surface area contributed by atoms with Gasteiger partial charge in [0.2, 0.25) is 0 Å². The summed E-state index contributed by atoms with van der Waals surface area (Å²) in [5.74, 6) is -0.0486. The molecule has 2 N–H and O–H groups in total. The molecule has 2 aromatic rings. The smallest absolute Gasteiger partial charge is 0.269 e. The number of nitrogens with zero attached hydrogens (tertiary/aromatic N) is 1. The maximum Gasteiger partial charge on any atom is 0.269 e. The Hall–Kier alpha value is -1.82. The summed E-state index contributed by atoms with van der Waals surface area (Å²) in [5.41, 5.74) is 2.06. The highest BCUT2D eigenvalue weighted by Gasteiger charge is 2.24. The first-order chi connectivity index (χ1) is 9.15. The topological polar surface area (TPSA) is 69.0 Å². The lowest BCUT2D eigenvalue weighted by molar-refractivity contribution is 0.0734. The number of aromatic amines is 2. The molecule has 2 heterocycles. The normalized spacial score (nSPS) is 14.3.